The summed E-state index contributed by atoms with van der Waals surface area (Å²) in [6.07, 6.45) is 16.8. The fourth-order valence-corrected chi connectivity index (χ4v) is 2.09. The Labute approximate surface area is 133 Å². The van der Waals surface area contributed by atoms with Gasteiger partial charge in [-0.25, -0.2) is 0 Å². The highest BCUT2D eigenvalue weighted by Gasteiger charge is 1.95. The maximum absolute atomic E-state index is 11.4. The summed E-state index contributed by atoms with van der Waals surface area (Å²) in [5.41, 5.74) is 0. The minimum absolute atomic E-state index is 0.0474. The summed E-state index contributed by atoms with van der Waals surface area (Å²) in [5.74, 6) is -1.15. The van der Waals surface area contributed by atoms with E-state index in [4.69, 9.17) is 5.11 Å². The van der Waals surface area contributed by atoms with E-state index in [1.54, 1.807) is 6.08 Å². The van der Waals surface area contributed by atoms with Crippen molar-refractivity contribution in [3.63, 3.8) is 0 Å². The van der Waals surface area contributed by atoms with E-state index in [0.717, 1.165) is 25.7 Å². The van der Waals surface area contributed by atoms with Crippen molar-refractivity contribution >= 4 is 11.8 Å². The molecule has 0 saturated carbocycles. The molecular weight excluding hydrogens is 280 g/mol. The van der Waals surface area contributed by atoms with Gasteiger partial charge in [-0.2, -0.15) is 0 Å². The number of carboxylic acids is 1. The lowest BCUT2D eigenvalue weighted by atomic mass is 10.1. The van der Waals surface area contributed by atoms with Gasteiger partial charge in [-0.1, -0.05) is 50.3 Å². The number of carbonyl (C=O) groups excluding carboxylic acids is 2. The molecule has 0 atom stereocenters. The monoisotopic (exact) mass is 309 g/mol. The van der Waals surface area contributed by atoms with Crippen LogP contribution in [0, 0.1) is 0 Å². The van der Waals surface area contributed by atoms with E-state index in [0.29, 0.717) is 13.0 Å². The standard InChI is InChI=1S/C18H30O4/c19-16-11-9-7-5-3-1-2-4-6-8-10-13-17(20)14-12-15-18(21)22/h6,8,10,13,19H,1-5,7,9,11-12,14-16H2,(H,21,22)/p-1/b8-6-,13-10+. The maximum Gasteiger partial charge on any atom is 0.155 e. The van der Waals surface area contributed by atoms with E-state index < -0.39 is 5.97 Å². The summed E-state index contributed by atoms with van der Waals surface area (Å²) in [6, 6.07) is 0. The number of aliphatic hydroxyl groups is 1. The molecule has 0 rings (SSSR count). The smallest absolute Gasteiger partial charge is 0.155 e. The van der Waals surface area contributed by atoms with Crippen LogP contribution in [0.4, 0.5) is 0 Å². The Hall–Kier alpha value is -1.42. The molecule has 0 spiro atoms. The van der Waals surface area contributed by atoms with E-state index in [1.807, 2.05) is 6.08 Å². The molecule has 0 aliphatic rings. The average molecular weight is 309 g/mol. The first-order valence-electron chi connectivity index (χ1n) is 8.33. The van der Waals surface area contributed by atoms with Crippen molar-refractivity contribution in [3.8, 4) is 0 Å². The molecule has 0 radical (unpaired) electrons. The third kappa shape index (κ3) is 16.6. The van der Waals surface area contributed by atoms with Gasteiger partial charge in [0.15, 0.2) is 5.78 Å². The number of allylic oxidation sites excluding steroid dienone is 4. The Kier molecular flexibility index (Phi) is 14.9. The van der Waals surface area contributed by atoms with Crippen LogP contribution in [-0.4, -0.2) is 23.5 Å². The van der Waals surface area contributed by atoms with Gasteiger partial charge in [-0.3, -0.25) is 4.79 Å². The molecule has 0 amide bonds. The molecule has 126 valence electrons. The number of carbonyl (C=O) groups is 2. The molecule has 0 bridgehead atoms. The number of rotatable bonds is 15. The van der Waals surface area contributed by atoms with E-state index in [2.05, 4.69) is 6.08 Å². The number of hydrogen-bond acceptors (Lipinski definition) is 4. The van der Waals surface area contributed by atoms with Crippen LogP contribution in [0.1, 0.15) is 70.6 Å². The van der Waals surface area contributed by atoms with Crippen LogP contribution >= 0.6 is 0 Å². The second kappa shape index (κ2) is 16.0. The van der Waals surface area contributed by atoms with Gasteiger partial charge in [0.2, 0.25) is 0 Å². The number of aliphatic carboxylic acids is 1. The highest BCUT2D eigenvalue weighted by Crippen LogP contribution is 2.08. The summed E-state index contributed by atoms with van der Waals surface area (Å²) in [5, 5.41) is 18.8. The van der Waals surface area contributed by atoms with Gasteiger partial charge < -0.3 is 15.0 Å². The van der Waals surface area contributed by atoms with Gasteiger partial charge in [0.05, 0.1) is 0 Å². The molecule has 0 unspecified atom stereocenters. The first-order valence-corrected chi connectivity index (χ1v) is 8.33. The number of unbranched alkanes of at least 4 members (excludes halogenated alkanes) is 7. The largest absolute Gasteiger partial charge is 0.550 e. The van der Waals surface area contributed by atoms with Crippen LogP contribution in [0.5, 0.6) is 0 Å². The molecule has 0 fully saturated rings. The molecule has 0 saturated heterocycles. The van der Waals surface area contributed by atoms with Gasteiger partial charge in [-0.15, -0.1) is 0 Å². The fraction of sp³-hybridized carbons (Fsp3) is 0.667. The molecule has 4 nitrogen and oxygen atoms in total. The Morgan fingerprint density at radius 3 is 2.09 bits per heavy atom. The average Bonchev–Trinajstić information content (AvgIpc) is 2.48. The normalized spacial score (nSPS) is 11.5. The second-order valence-electron chi connectivity index (χ2n) is 5.47. The summed E-state index contributed by atoms with van der Waals surface area (Å²) in [4.78, 5) is 21.5. The molecule has 0 aromatic carbocycles. The summed E-state index contributed by atoms with van der Waals surface area (Å²) in [7, 11) is 0. The van der Waals surface area contributed by atoms with Gasteiger partial charge >= 0.3 is 0 Å². The van der Waals surface area contributed by atoms with Crippen molar-refractivity contribution in [2.24, 2.45) is 0 Å². The number of carboxylic acid groups (broad SMARTS) is 1. The topological polar surface area (TPSA) is 77.4 Å². The predicted molar refractivity (Wildman–Crippen MR) is 86.2 cm³/mol. The van der Waals surface area contributed by atoms with Crippen LogP contribution in [-0.2, 0) is 9.59 Å². The van der Waals surface area contributed by atoms with E-state index in [9.17, 15) is 14.7 Å². The minimum atomic E-state index is -1.11. The first-order chi connectivity index (χ1) is 10.7. The van der Waals surface area contributed by atoms with E-state index in [1.165, 1.54) is 31.8 Å². The molecule has 0 aromatic heterocycles. The Balaban J connectivity index is 3.40. The molecule has 0 aromatic rings. The Morgan fingerprint density at radius 2 is 1.45 bits per heavy atom. The van der Waals surface area contributed by atoms with Gasteiger partial charge in [0.25, 0.3) is 0 Å². The zero-order chi connectivity index (χ0) is 16.5. The van der Waals surface area contributed by atoms with Crippen LogP contribution in [0.3, 0.4) is 0 Å². The Morgan fingerprint density at radius 1 is 0.818 bits per heavy atom. The zero-order valence-corrected chi connectivity index (χ0v) is 13.5. The first kappa shape index (κ1) is 20.6. The molecule has 0 aliphatic carbocycles. The third-order valence-corrected chi connectivity index (χ3v) is 3.36. The lowest BCUT2D eigenvalue weighted by Gasteiger charge is -1.99. The van der Waals surface area contributed by atoms with Crippen LogP contribution in [0.15, 0.2) is 24.3 Å². The van der Waals surface area contributed by atoms with E-state index >= 15 is 0 Å². The predicted octanol–water partition coefficient (Wildman–Crippen LogP) is 2.70. The van der Waals surface area contributed by atoms with Crippen molar-refractivity contribution in [1.82, 2.24) is 0 Å². The molecule has 0 aliphatic heterocycles. The van der Waals surface area contributed by atoms with Crippen molar-refractivity contribution in [2.45, 2.75) is 70.6 Å². The second-order valence-corrected chi connectivity index (χ2v) is 5.47. The molecular formula is C18H29O4-. The summed E-state index contributed by atoms with van der Waals surface area (Å²) >= 11 is 0. The zero-order valence-electron chi connectivity index (χ0n) is 13.5. The SMILES string of the molecule is O=C([O-])CCCC(=O)/C=C/C=C\CCCCCCCCCO. The quantitative estimate of drug-likeness (QED) is 0.287. The van der Waals surface area contributed by atoms with Crippen LogP contribution < -0.4 is 5.11 Å². The van der Waals surface area contributed by atoms with Crippen molar-refractivity contribution in [3.05, 3.63) is 24.3 Å². The van der Waals surface area contributed by atoms with Crippen LogP contribution in [0.2, 0.25) is 0 Å². The van der Waals surface area contributed by atoms with Gasteiger partial charge in [-0.05, 0) is 38.2 Å². The molecule has 0 heterocycles. The van der Waals surface area contributed by atoms with Crippen molar-refractivity contribution < 1.29 is 19.8 Å². The molecule has 22 heavy (non-hydrogen) atoms. The fourth-order valence-electron chi connectivity index (χ4n) is 2.09. The highest BCUT2D eigenvalue weighted by atomic mass is 16.4. The molecule has 4 heteroatoms. The van der Waals surface area contributed by atoms with Crippen LogP contribution in [0.25, 0.3) is 0 Å². The number of hydrogen-bond donors (Lipinski definition) is 1. The van der Waals surface area contributed by atoms with Crippen molar-refractivity contribution in [2.75, 3.05) is 6.61 Å². The summed E-state index contributed by atoms with van der Waals surface area (Å²) in [6.45, 7) is 0.303. The minimum Gasteiger partial charge on any atom is -0.550 e. The lowest BCUT2D eigenvalue weighted by Crippen LogP contribution is -2.21. The highest BCUT2D eigenvalue weighted by molar-refractivity contribution is 5.90. The van der Waals surface area contributed by atoms with Gasteiger partial charge in [0, 0.05) is 19.0 Å². The summed E-state index contributed by atoms with van der Waals surface area (Å²) < 4.78 is 0. The Bertz CT molecular complexity index is 345. The van der Waals surface area contributed by atoms with Gasteiger partial charge in [0.1, 0.15) is 0 Å². The lowest BCUT2D eigenvalue weighted by molar-refractivity contribution is -0.305. The maximum atomic E-state index is 11.4. The number of aliphatic hydroxyl groups excluding tert-OH is 1. The molecule has 1 N–H and O–H groups in total. The third-order valence-electron chi connectivity index (χ3n) is 3.36. The van der Waals surface area contributed by atoms with Crippen molar-refractivity contribution in [1.29, 1.82) is 0 Å². The van der Waals surface area contributed by atoms with E-state index in [-0.39, 0.29) is 18.6 Å². The number of ketones is 1.